The van der Waals surface area contributed by atoms with Crippen molar-refractivity contribution in [2.24, 2.45) is 0 Å². The molecule has 3 aromatic rings. The highest BCUT2D eigenvalue weighted by molar-refractivity contribution is 7.09. The van der Waals surface area contributed by atoms with Crippen LogP contribution in [0.2, 0.25) is 0 Å². The number of benzene rings is 1. The van der Waals surface area contributed by atoms with Crippen molar-refractivity contribution in [2.75, 3.05) is 36.0 Å². The fraction of sp³-hybridized carbons (Fsp3) is 0.400. The topological polar surface area (TPSA) is 101 Å². The smallest absolute Gasteiger partial charge is 0.270 e. The molecule has 1 fully saturated rings. The molecule has 0 N–H and O–H groups in total. The summed E-state index contributed by atoms with van der Waals surface area (Å²) in [4.78, 5) is 29.1. The Morgan fingerprint density at radius 2 is 1.90 bits per heavy atom. The third-order valence-corrected chi connectivity index (χ3v) is 5.83. The van der Waals surface area contributed by atoms with Gasteiger partial charge in [0.05, 0.1) is 4.92 Å². The molecule has 1 aliphatic rings. The molecule has 0 aliphatic carbocycles. The van der Waals surface area contributed by atoms with E-state index in [1.807, 2.05) is 13.0 Å². The molecule has 1 aliphatic heterocycles. The maximum absolute atomic E-state index is 11.1. The van der Waals surface area contributed by atoms with Gasteiger partial charge in [0, 0.05) is 73.6 Å². The van der Waals surface area contributed by atoms with E-state index in [9.17, 15) is 10.1 Å². The minimum Gasteiger partial charge on any atom is -0.355 e. The van der Waals surface area contributed by atoms with Crippen molar-refractivity contribution in [1.82, 2.24) is 19.3 Å². The van der Waals surface area contributed by atoms with E-state index in [0.29, 0.717) is 11.4 Å². The number of non-ortho nitro benzene ring substituents is 1. The molecule has 0 amide bonds. The minimum absolute atomic E-state index is 0.0353. The van der Waals surface area contributed by atoms with Gasteiger partial charge in [-0.2, -0.15) is 4.37 Å². The summed E-state index contributed by atoms with van der Waals surface area (Å²) in [5.74, 6) is 2.24. The molecule has 0 atom stereocenters. The lowest BCUT2D eigenvalue weighted by Gasteiger charge is -2.23. The Balaban J connectivity index is 1.55. The van der Waals surface area contributed by atoms with Crippen LogP contribution < -0.4 is 9.80 Å². The van der Waals surface area contributed by atoms with E-state index in [0.717, 1.165) is 61.5 Å². The van der Waals surface area contributed by atoms with Crippen LogP contribution in [0.5, 0.6) is 0 Å². The van der Waals surface area contributed by atoms with E-state index >= 15 is 0 Å². The lowest BCUT2D eigenvalue weighted by molar-refractivity contribution is -0.384. The lowest BCUT2D eigenvalue weighted by atomic mass is 10.2. The first-order chi connectivity index (χ1) is 14.5. The van der Waals surface area contributed by atoms with Gasteiger partial charge >= 0.3 is 0 Å². The largest absolute Gasteiger partial charge is 0.355 e. The van der Waals surface area contributed by atoms with Crippen molar-refractivity contribution >= 4 is 28.2 Å². The predicted molar refractivity (Wildman–Crippen MR) is 117 cm³/mol. The summed E-state index contributed by atoms with van der Waals surface area (Å²) < 4.78 is 4.40. The number of aromatic nitrogens is 4. The fourth-order valence-electron chi connectivity index (χ4n) is 3.46. The number of hydrogen-bond acceptors (Lipinski definition) is 9. The monoisotopic (exact) mass is 425 g/mol. The first kappa shape index (κ1) is 20.1. The van der Waals surface area contributed by atoms with Crippen LogP contribution in [-0.2, 0) is 6.42 Å². The Hall–Kier alpha value is -3.14. The average Bonchev–Trinajstić information content (AvgIpc) is 3.10. The summed E-state index contributed by atoms with van der Waals surface area (Å²) in [5.41, 5.74) is 1.51. The average molecular weight is 426 g/mol. The van der Waals surface area contributed by atoms with Crippen molar-refractivity contribution in [2.45, 2.75) is 26.7 Å². The number of nitrogens with zero attached hydrogens (tertiary/aromatic N) is 7. The molecule has 0 bridgehead atoms. The molecule has 10 heteroatoms. The van der Waals surface area contributed by atoms with Gasteiger partial charge in [0.1, 0.15) is 11.6 Å². The molecule has 0 radical (unpaired) electrons. The number of aryl methyl sites for hydroxylation is 2. The van der Waals surface area contributed by atoms with Crippen molar-refractivity contribution in [3.05, 3.63) is 52.0 Å². The third-order valence-electron chi connectivity index (χ3n) is 5.02. The number of nitro groups is 1. The Bertz CT molecular complexity index is 1060. The second kappa shape index (κ2) is 8.70. The normalized spacial score (nSPS) is 14.6. The number of anilines is 2. The Morgan fingerprint density at radius 3 is 2.67 bits per heavy atom. The van der Waals surface area contributed by atoms with Crippen molar-refractivity contribution < 1.29 is 4.92 Å². The summed E-state index contributed by atoms with van der Waals surface area (Å²) in [6.07, 6.45) is 1.83. The van der Waals surface area contributed by atoms with Crippen LogP contribution >= 0.6 is 11.5 Å². The summed E-state index contributed by atoms with van der Waals surface area (Å²) in [7, 11) is 0. The second-order valence-electron chi connectivity index (χ2n) is 7.17. The van der Waals surface area contributed by atoms with E-state index in [1.165, 1.54) is 23.7 Å². The highest BCUT2D eigenvalue weighted by Gasteiger charge is 2.20. The fourth-order valence-corrected chi connectivity index (χ4v) is 4.26. The lowest BCUT2D eigenvalue weighted by Crippen LogP contribution is -2.31. The third kappa shape index (κ3) is 4.38. The minimum atomic E-state index is -0.402. The molecule has 0 spiro atoms. The highest BCUT2D eigenvalue weighted by Crippen LogP contribution is 2.25. The van der Waals surface area contributed by atoms with E-state index in [2.05, 4.69) is 31.1 Å². The SMILES string of the molecule is CCc1nsc(N2CCCN(c3cc(C)nc(-c4cccc([N+](=O)[O-])c4)n3)CC2)n1. The molecule has 1 saturated heterocycles. The molecule has 1 aromatic carbocycles. The molecule has 0 unspecified atom stereocenters. The Morgan fingerprint density at radius 1 is 1.10 bits per heavy atom. The van der Waals surface area contributed by atoms with Gasteiger partial charge in [-0.15, -0.1) is 0 Å². The standard InChI is InChI=1S/C20H23N7O2S/c1-3-17-22-20(30-24-17)26-9-5-8-25(10-11-26)18-12-14(2)21-19(23-18)15-6-4-7-16(13-15)27(28)29/h4,6-7,12-13H,3,5,8-11H2,1-2H3. The van der Waals surface area contributed by atoms with Crippen molar-refractivity contribution in [3.63, 3.8) is 0 Å². The van der Waals surface area contributed by atoms with Gasteiger partial charge in [0.2, 0.25) is 5.13 Å². The molecular weight excluding hydrogens is 402 g/mol. The number of rotatable bonds is 5. The van der Waals surface area contributed by atoms with Crippen LogP contribution in [0.1, 0.15) is 24.9 Å². The highest BCUT2D eigenvalue weighted by atomic mass is 32.1. The summed E-state index contributed by atoms with van der Waals surface area (Å²) in [6, 6.07) is 8.42. The molecular formula is C20H23N7O2S. The van der Waals surface area contributed by atoms with Gasteiger partial charge in [0.15, 0.2) is 5.82 Å². The summed E-state index contributed by atoms with van der Waals surface area (Å²) >= 11 is 1.46. The first-order valence-corrected chi connectivity index (χ1v) is 10.7. The van der Waals surface area contributed by atoms with E-state index in [1.54, 1.807) is 12.1 Å². The van der Waals surface area contributed by atoms with E-state index in [4.69, 9.17) is 4.98 Å². The van der Waals surface area contributed by atoms with Crippen LogP contribution in [0.15, 0.2) is 30.3 Å². The predicted octanol–water partition coefficient (Wildman–Crippen LogP) is 3.49. The van der Waals surface area contributed by atoms with Crippen LogP contribution in [0.3, 0.4) is 0 Å². The van der Waals surface area contributed by atoms with Crippen LogP contribution in [-0.4, -0.2) is 50.4 Å². The van der Waals surface area contributed by atoms with Crippen molar-refractivity contribution in [3.8, 4) is 11.4 Å². The molecule has 0 saturated carbocycles. The molecule has 30 heavy (non-hydrogen) atoms. The Labute approximate surface area is 178 Å². The van der Waals surface area contributed by atoms with Gasteiger partial charge in [-0.3, -0.25) is 10.1 Å². The maximum Gasteiger partial charge on any atom is 0.270 e. The van der Waals surface area contributed by atoms with Gasteiger partial charge in [-0.05, 0) is 13.3 Å². The van der Waals surface area contributed by atoms with Gasteiger partial charge in [0.25, 0.3) is 5.69 Å². The number of hydrogen-bond donors (Lipinski definition) is 0. The molecule has 9 nitrogen and oxygen atoms in total. The first-order valence-electron chi connectivity index (χ1n) is 9.96. The van der Waals surface area contributed by atoms with Gasteiger partial charge in [-0.1, -0.05) is 19.1 Å². The molecule has 4 rings (SSSR count). The quantitative estimate of drug-likeness (QED) is 0.452. The zero-order chi connectivity index (χ0) is 21.1. The summed E-state index contributed by atoms with van der Waals surface area (Å²) in [6.45, 7) is 7.44. The zero-order valence-electron chi connectivity index (χ0n) is 17.0. The van der Waals surface area contributed by atoms with E-state index in [-0.39, 0.29) is 5.69 Å². The van der Waals surface area contributed by atoms with Crippen LogP contribution in [0.25, 0.3) is 11.4 Å². The molecule has 2 aromatic heterocycles. The zero-order valence-corrected chi connectivity index (χ0v) is 17.8. The van der Waals surface area contributed by atoms with Gasteiger partial charge < -0.3 is 9.80 Å². The van der Waals surface area contributed by atoms with E-state index < -0.39 is 4.92 Å². The summed E-state index contributed by atoms with van der Waals surface area (Å²) in [5, 5.41) is 12.1. The maximum atomic E-state index is 11.1. The molecule has 3 heterocycles. The molecule has 156 valence electrons. The van der Waals surface area contributed by atoms with Crippen molar-refractivity contribution in [1.29, 1.82) is 0 Å². The van der Waals surface area contributed by atoms with Crippen LogP contribution in [0.4, 0.5) is 16.6 Å². The number of nitro benzene ring substituents is 1. The second-order valence-corrected chi connectivity index (χ2v) is 7.90. The Kier molecular flexibility index (Phi) is 5.84. The van der Waals surface area contributed by atoms with Crippen LogP contribution in [0, 0.1) is 17.0 Å². The van der Waals surface area contributed by atoms with Gasteiger partial charge in [-0.25, -0.2) is 15.0 Å².